The van der Waals surface area contributed by atoms with Gasteiger partial charge in [0.1, 0.15) is 0 Å². The quantitative estimate of drug-likeness (QED) is 0.656. The first-order valence-corrected chi connectivity index (χ1v) is 7.67. The highest BCUT2D eigenvalue weighted by Crippen LogP contribution is 2.46. The normalized spacial score (nSPS) is 36.0. The second-order valence-corrected chi connectivity index (χ2v) is 7.64. The fraction of sp³-hybridized carbons (Fsp3) is 1.00. The molecule has 0 amide bonds. The van der Waals surface area contributed by atoms with E-state index >= 15 is 0 Å². The van der Waals surface area contributed by atoms with Gasteiger partial charge in [0.2, 0.25) is 0 Å². The summed E-state index contributed by atoms with van der Waals surface area (Å²) in [6, 6.07) is 1.52. The summed E-state index contributed by atoms with van der Waals surface area (Å²) in [5.41, 5.74) is 0.435. The van der Waals surface area contributed by atoms with Crippen LogP contribution < -0.4 is 0 Å². The van der Waals surface area contributed by atoms with E-state index in [1.54, 1.807) is 0 Å². The molecule has 100 valence electrons. The summed E-state index contributed by atoms with van der Waals surface area (Å²) in [5.74, 6) is 2.00. The van der Waals surface area contributed by atoms with Gasteiger partial charge in [-0.1, -0.05) is 40.0 Å². The second kappa shape index (κ2) is 4.91. The van der Waals surface area contributed by atoms with Crippen molar-refractivity contribution in [1.29, 1.82) is 0 Å². The van der Waals surface area contributed by atoms with Crippen LogP contribution in [0, 0.1) is 17.3 Å². The molecule has 0 N–H and O–H groups in total. The molecule has 3 unspecified atom stereocenters. The number of hydrogen-bond acceptors (Lipinski definition) is 1. The molecular weight excluding hydrogens is 206 g/mol. The molecule has 0 bridgehead atoms. The molecule has 0 aromatic rings. The van der Waals surface area contributed by atoms with Crippen LogP contribution in [0.25, 0.3) is 0 Å². The summed E-state index contributed by atoms with van der Waals surface area (Å²) in [5, 5.41) is 0. The number of likely N-dealkylation sites (tertiary alicyclic amines) is 1. The number of nitrogens with zero attached hydrogens (tertiary/aromatic N) is 1. The Kier molecular flexibility index (Phi) is 3.87. The van der Waals surface area contributed by atoms with Gasteiger partial charge < -0.3 is 0 Å². The van der Waals surface area contributed by atoms with Gasteiger partial charge in [-0.15, -0.1) is 0 Å². The number of hydrogen-bond donors (Lipinski definition) is 0. The summed E-state index contributed by atoms with van der Waals surface area (Å²) in [6.45, 7) is 13.4. The van der Waals surface area contributed by atoms with E-state index in [1.165, 1.54) is 38.6 Å². The van der Waals surface area contributed by atoms with Gasteiger partial charge in [-0.3, -0.25) is 4.90 Å². The van der Waals surface area contributed by atoms with Gasteiger partial charge in [0.15, 0.2) is 0 Å². The molecule has 0 radical (unpaired) electrons. The zero-order valence-corrected chi connectivity index (χ0v) is 12.5. The van der Waals surface area contributed by atoms with Crippen LogP contribution in [0.15, 0.2) is 0 Å². The van der Waals surface area contributed by atoms with Crippen molar-refractivity contribution in [2.45, 2.75) is 78.8 Å². The molecule has 1 saturated heterocycles. The second-order valence-electron chi connectivity index (χ2n) is 7.64. The van der Waals surface area contributed by atoms with Gasteiger partial charge in [-0.25, -0.2) is 0 Å². The van der Waals surface area contributed by atoms with E-state index in [-0.39, 0.29) is 0 Å². The predicted molar refractivity (Wildman–Crippen MR) is 75.2 cm³/mol. The summed E-state index contributed by atoms with van der Waals surface area (Å²) in [7, 11) is 0. The van der Waals surface area contributed by atoms with Crippen molar-refractivity contribution in [1.82, 2.24) is 4.90 Å². The molecule has 1 heterocycles. The van der Waals surface area contributed by atoms with E-state index in [9.17, 15) is 0 Å². The molecule has 2 aliphatic rings. The molecule has 1 saturated carbocycles. The molecule has 0 aromatic heterocycles. The van der Waals surface area contributed by atoms with Gasteiger partial charge in [0.05, 0.1) is 0 Å². The lowest BCUT2D eigenvalue weighted by atomic mass is 9.64. The molecule has 1 heteroatoms. The van der Waals surface area contributed by atoms with Gasteiger partial charge in [-0.2, -0.15) is 0 Å². The average molecular weight is 237 g/mol. The molecular formula is C16H31N. The average Bonchev–Trinajstić information content (AvgIpc) is 2.26. The largest absolute Gasteiger partial charge is 0.297 e. The van der Waals surface area contributed by atoms with E-state index in [0.29, 0.717) is 11.5 Å². The van der Waals surface area contributed by atoms with E-state index in [1.807, 2.05) is 0 Å². The lowest BCUT2D eigenvalue weighted by molar-refractivity contribution is -0.0476. The van der Waals surface area contributed by atoms with E-state index in [0.717, 1.165) is 17.9 Å². The highest BCUT2D eigenvalue weighted by Gasteiger charge is 2.44. The zero-order valence-electron chi connectivity index (χ0n) is 12.5. The van der Waals surface area contributed by atoms with Gasteiger partial charge in [0, 0.05) is 12.1 Å². The van der Waals surface area contributed by atoms with Crippen LogP contribution in [0.5, 0.6) is 0 Å². The molecule has 1 aliphatic heterocycles. The van der Waals surface area contributed by atoms with Crippen LogP contribution in [0.4, 0.5) is 0 Å². The summed E-state index contributed by atoms with van der Waals surface area (Å²) >= 11 is 0. The third kappa shape index (κ3) is 2.70. The molecule has 0 spiro atoms. The van der Waals surface area contributed by atoms with Crippen molar-refractivity contribution in [3.63, 3.8) is 0 Å². The Morgan fingerprint density at radius 1 is 1.00 bits per heavy atom. The molecule has 0 aromatic carbocycles. The molecule has 2 fully saturated rings. The first-order chi connectivity index (χ1) is 7.91. The molecule has 1 nitrogen and oxygen atoms in total. The monoisotopic (exact) mass is 237 g/mol. The third-order valence-corrected chi connectivity index (χ3v) is 5.04. The lowest BCUT2D eigenvalue weighted by Gasteiger charge is -2.54. The molecule has 3 atom stereocenters. The Bertz CT molecular complexity index is 251. The SMILES string of the molecule is CC(C)N1CCC2CCCCC2C1C(C)(C)C. The zero-order chi connectivity index (χ0) is 12.6. The number of fused-ring (bicyclic) bond motifs is 1. The lowest BCUT2D eigenvalue weighted by Crippen LogP contribution is -2.57. The van der Waals surface area contributed by atoms with E-state index in [4.69, 9.17) is 0 Å². The van der Waals surface area contributed by atoms with E-state index in [2.05, 4.69) is 39.5 Å². The molecule has 1 aliphatic carbocycles. The van der Waals surface area contributed by atoms with Crippen molar-refractivity contribution < 1.29 is 0 Å². The van der Waals surface area contributed by atoms with Gasteiger partial charge in [-0.05, 0) is 50.5 Å². The third-order valence-electron chi connectivity index (χ3n) is 5.04. The number of rotatable bonds is 1. The van der Waals surface area contributed by atoms with Crippen molar-refractivity contribution >= 4 is 0 Å². The minimum atomic E-state index is 0.435. The maximum Gasteiger partial charge on any atom is 0.0177 e. The maximum atomic E-state index is 2.80. The van der Waals surface area contributed by atoms with Crippen molar-refractivity contribution in [2.24, 2.45) is 17.3 Å². The fourth-order valence-corrected chi connectivity index (χ4v) is 4.43. The van der Waals surface area contributed by atoms with Crippen molar-refractivity contribution in [3.8, 4) is 0 Å². The predicted octanol–water partition coefficient (Wildman–Crippen LogP) is 4.32. The highest BCUT2D eigenvalue weighted by atomic mass is 15.2. The van der Waals surface area contributed by atoms with Crippen LogP contribution in [-0.4, -0.2) is 23.5 Å². The summed E-state index contributed by atoms with van der Waals surface area (Å²) in [4.78, 5) is 2.80. The van der Waals surface area contributed by atoms with Crippen LogP contribution in [0.3, 0.4) is 0 Å². The standard InChI is InChI=1S/C16H31N/c1-12(2)17-11-10-13-8-6-7-9-14(13)15(17)16(3,4)5/h12-15H,6-11H2,1-5H3. The summed E-state index contributed by atoms with van der Waals surface area (Å²) < 4.78 is 0. The van der Waals surface area contributed by atoms with Crippen LogP contribution >= 0.6 is 0 Å². The van der Waals surface area contributed by atoms with Crippen LogP contribution in [0.2, 0.25) is 0 Å². The Labute approximate surface area is 108 Å². The topological polar surface area (TPSA) is 3.24 Å². The Morgan fingerprint density at radius 3 is 2.24 bits per heavy atom. The Balaban J connectivity index is 2.22. The van der Waals surface area contributed by atoms with E-state index < -0.39 is 0 Å². The minimum absolute atomic E-state index is 0.435. The summed E-state index contributed by atoms with van der Waals surface area (Å²) in [6.07, 6.45) is 7.40. The fourth-order valence-electron chi connectivity index (χ4n) is 4.43. The van der Waals surface area contributed by atoms with Gasteiger partial charge in [0.25, 0.3) is 0 Å². The van der Waals surface area contributed by atoms with Gasteiger partial charge >= 0.3 is 0 Å². The first-order valence-electron chi connectivity index (χ1n) is 7.67. The minimum Gasteiger partial charge on any atom is -0.297 e. The maximum absolute atomic E-state index is 2.80. The van der Waals surface area contributed by atoms with Crippen LogP contribution in [-0.2, 0) is 0 Å². The smallest absolute Gasteiger partial charge is 0.0177 e. The van der Waals surface area contributed by atoms with Crippen molar-refractivity contribution in [2.75, 3.05) is 6.54 Å². The highest BCUT2D eigenvalue weighted by molar-refractivity contribution is 4.97. The van der Waals surface area contributed by atoms with Crippen molar-refractivity contribution in [3.05, 3.63) is 0 Å². The first kappa shape index (κ1) is 13.4. The Hall–Kier alpha value is -0.0400. The molecule has 2 rings (SSSR count). The molecule has 17 heavy (non-hydrogen) atoms. The Morgan fingerprint density at radius 2 is 1.65 bits per heavy atom. The number of piperidine rings is 1. The van der Waals surface area contributed by atoms with Crippen LogP contribution in [0.1, 0.15) is 66.7 Å².